The van der Waals surface area contributed by atoms with E-state index in [4.69, 9.17) is 0 Å². The van der Waals surface area contributed by atoms with Crippen molar-refractivity contribution in [1.29, 1.82) is 0 Å². The summed E-state index contributed by atoms with van der Waals surface area (Å²) < 4.78 is 0. The molecule has 0 atom stereocenters. The van der Waals surface area contributed by atoms with E-state index >= 15 is 0 Å². The minimum absolute atomic E-state index is 0.434. The number of rotatable bonds is 3. The van der Waals surface area contributed by atoms with Gasteiger partial charge in [0, 0.05) is 17.4 Å². The molecule has 1 aromatic rings. The van der Waals surface area contributed by atoms with Crippen molar-refractivity contribution in [3.8, 4) is 0 Å². The Hall–Kier alpha value is -1.76. The summed E-state index contributed by atoms with van der Waals surface area (Å²) in [6.45, 7) is 8.79. The highest BCUT2D eigenvalue weighted by Gasteiger charge is 2.14. The first-order valence-electron chi connectivity index (χ1n) is 6.99. The summed E-state index contributed by atoms with van der Waals surface area (Å²) in [5, 5.41) is 0. The fourth-order valence-electron chi connectivity index (χ4n) is 2.46. The van der Waals surface area contributed by atoms with Gasteiger partial charge in [0.15, 0.2) is 0 Å². The molecule has 1 aliphatic carbocycles. The van der Waals surface area contributed by atoms with Gasteiger partial charge in [-0.15, -0.1) is 0 Å². The van der Waals surface area contributed by atoms with E-state index in [1.807, 2.05) is 0 Å². The van der Waals surface area contributed by atoms with Crippen LogP contribution in [0, 0.1) is 6.92 Å². The maximum absolute atomic E-state index is 2.40. The van der Waals surface area contributed by atoms with Crippen LogP contribution in [0.1, 0.15) is 32.8 Å². The molecule has 0 fully saturated rings. The number of allylic oxidation sites excluding steroid dienone is 5. The van der Waals surface area contributed by atoms with Crippen molar-refractivity contribution < 1.29 is 0 Å². The lowest BCUT2D eigenvalue weighted by Crippen LogP contribution is -2.29. The van der Waals surface area contributed by atoms with Crippen LogP contribution in [-0.2, 0) is 0 Å². The van der Waals surface area contributed by atoms with Crippen LogP contribution in [0.15, 0.2) is 59.8 Å². The first-order chi connectivity index (χ1) is 9.08. The highest BCUT2D eigenvalue weighted by Crippen LogP contribution is 2.26. The Morgan fingerprint density at radius 2 is 1.95 bits per heavy atom. The third-order valence-corrected chi connectivity index (χ3v) is 3.31. The minimum Gasteiger partial charge on any atom is -0.339 e. The van der Waals surface area contributed by atoms with Crippen LogP contribution >= 0.6 is 0 Å². The van der Waals surface area contributed by atoms with Crippen molar-refractivity contribution >= 4 is 5.69 Å². The normalized spacial score (nSPS) is 15.0. The zero-order valence-corrected chi connectivity index (χ0v) is 12.4. The Kier molecular flexibility index (Phi) is 4.26. The van der Waals surface area contributed by atoms with E-state index in [-0.39, 0.29) is 0 Å². The molecule has 0 unspecified atom stereocenters. The van der Waals surface area contributed by atoms with Gasteiger partial charge in [-0.2, -0.15) is 0 Å². The molecule has 0 saturated carbocycles. The average Bonchev–Trinajstić information content (AvgIpc) is 2.54. The molecule has 0 bridgehead atoms. The zero-order chi connectivity index (χ0) is 13.8. The third-order valence-electron chi connectivity index (χ3n) is 3.31. The summed E-state index contributed by atoms with van der Waals surface area (Å²) in [4.78, 5) is 2.40. The Bertz CT molecular complexity index is 532. The molecule has 0 aliphatic heterocycles. The van der Waals surface area contributed by atoms with Gasteiger partial charge >= 0.3 is 0 Å². The van der Waals surface area contributed by atoms with Crippen LogP contribution in [0.5, 0.6) is 0 Å². The smallest absolute Gasteiger partial charge is 0.0415 e. The summed E-state index contributed by atoms with van der Waals surface area (Å²) >= 11 is 0. The van der Waals surface area contributed by atoms with E-state index in [0.717, 1.165) is 6.42 Å². The van der Waals surface area contributed by atoms with Gasteiger partial charge in [0.1, 0.15) is 0 Å². The molecule has 0 radical (unpaired) electrons. The lowest BCUT2D eigenvalue weighted by Gasteiger charge is -2.30. The predicted octanol–water partition coefficient (Wildman–Crippen LogP) is 5.00. The number of benzene rings is 1. The number of hydrogen-bond acceptors (Lipinski definition) is 1. The van der Waals surface area contributed by atoms with Gasteiger partial charge in [-0.25, -0.2) is 0 Å². The fraction of sp³-hybridized carbons (Fsp3) is 0.333. The first kappa shape index (κ1) is 13.7. The van der Waals surface area contributed by atoms with Crippen LogP contribution in [0.2, 0.25) is 0 Å². The molecule has 0 saturated heterocycles. The molecule has 1 aliphatic rings. The van der Waals surface area contributed by atoms with E-state index < -0.39 is 0 Å². The van der Waals surface area contributed by atoms with Gasteiger partial charge < -0.3 is 4.90 Å². The number of aryl methyl sites for hydroxylation is 1. The van der Waals surface area contributed by atoms with E-state index in [1.54, 1.807) is 0 Å². The van der Waals surface area contributed by atoms with Crippen LogP contribution < -0.4 is 4.90 Å². The Balaban J connectivity index is 2.44. The Morgan fingerprint density at radius 1 is 1.16 bits per heavy atom. The van der Waals surface area contributed by atoms with Crippen molar-refractivity contribution in [3.63, 3.8) is 0 Å². The van der Waals surface area contributed by atoms with Gasteiger partial charge in [-0.3, -0.25) is 0 Å². The molecular weight excluding hydrogens is 230 g/mol. The molecule has 19 heavy (non-hydrogen) atoms. The molecule has 1 nitrogen and oxygen atoms in total. The maximum Gasteiger partial charge on any atom is 0.0415 e. The van der Waals surface area contributed by atoms with E-state index in [1.165, 1.54) is 22.5 Å². The minimum atomic E-state index is 0.434. The van der Waals surface area contributed by atoms with Crippen LogP contribution in [0.4, 0.5) is 5.69 Å². The first-order valence-corrected chi connectivity index (χ1v) is 6.99. The largest absolute Gasteiger partial charge is 0.339 e. The topological polar surface area (TPSA) is 3.24 Å². The molecular formula is C18H23N. The zero-order valence-electron chi connectivity index (χ0n) is 12.4. The second kappa shape index (κ2) is 5.92. The van der Waals surface area contributed by atoms with Crippen molar-refractivity contribution in [1.82, 2.24) is 0 Å². The van der Waals surface area contributed by atoms with Crippen molar-refractivity contribution in [2.45, 2.75) is 40.2 Å². The molecule has 0 amide bonds. The second-order valence-electron chi connectivity index (χ2n) is 5.46. The molecule has 0 aromatic heterocycles. The second-order valence-corrected chi connectivity index (χ2v) is 5.46. The van der Waals surface area contributed by atoms with Gasteiger partial charge in [-0.1, -0.05) is 29.9 Å². The summed E-state index contributed by atoms with van der Waals surface area (Å²) in [6, 6.07) is 9.14. The summed E-state index contributed by atoms with van der Waals surface area (Å²) in [7, 11) is 0. The molecule has 1 heteroatoms. The summed E-state index contributed by atoms with van der Waals surface area (Å²) in [5.41, 5.74) is 5.17. The number of hydrogen-bond donors (Lipinski definition) is 0. The average molecular weight is 253 g/mol. The molecule has 0 spiro atoms. The molecule has 0 heterocycles. The van der Waals surface area contributed by atoms with E-state index in [9.17, 15) is 0 Å². The van der Waals surface area contributed by atoms with Gasteiger partial charge in [0.05, 0.1) is 0 Å². The number of nitrogens with zero attached hydrogens (tertiary/aromatic N) is 1. The molecule has 0 N–H and O–H groups in total. The van der Waals surface area contributed by atoms with Crippen molar-refractivity contribution in [2.75, 3.05) is 4.90 Å². The standard InChI is InChI=1S/C18H23N/c1-14(2)19(18-11-7-9-16(4)13-18)17-10-6-5-8-15(3)12-17/h6-14H,5H2,1-4H3. The number of anilines is 1. The van der Waals surface area contributed by atoms with Crippen LogP contribution in [-0.4, -0.2) is 6.04 Å². The maximum atomic E-state index is 2.40. The fourth-order valence-corrected chi connectivity index (χ4v) is 2.46. The summed E-state index contributed by atoms with van der Waals surface area (Å²) in [6.07, 6.45) is 10.0. The molecule has 2 rings (SSSR count). The van der Waals surface area contributed by atoms with Gasteiger partial charge in [0.2, 0.25) is 0 Å². The predicted molar refractivity (Wildman–Crippen MR) is 84.4 cm³/mol. The van der Waals surface area contributed by atoms with Crippen LogP contribution in [0.3, 0.4) is 0 Å². The molecule has 1 aromatic carbocycles. The summed E-state index contributed by atoms with van der Waals surface area (Å²) in [5.74, 6) is 0. The van der Waals surface area contributed by atoms with Gasteiger partial charge in [0.25, 0.3) is 0 Å². The third kappa shape index (κ3) is 3.37. The Morgan fingerprint density at radius 3 is 2.63 bits per heavy atom. The highest BCUT2D eigenvalue weighted by molar-refractivity contribution is 5.58. The quantitative estimate of drug-likeness (QED) is 0.732. The SMILES string of the molecule is CC1=CCC=CC(N(c2cccc(C)c2)C(C)C)=C1. The lowest BCUT2D eigenvalue weighted by molar-refractivity contribution is 0.763. The van der Waals surface area contributed by atoms with Crippen molar-refractivity contribution in [2.24, 2.45) is 0 Å². The van der Waals surface area contributed by atoms with E-state index in [0.29, 0.717) is 6.04 Å². The molecule has 100 valence electrons. The van der Waals surface area contributed by atoms with Crippen LogP contribution in [0.25, 0.3) is 0 Å². The highest BCUT2D eigenvalue weighted by atomic mass is 15.2. The van der Waals surface area contributed by atoms with Crippen molar-refractivity contribution in [3.05, 3.63) is 65.4 Å². The van der Waals surface area contributed by atoms with Gasteiger partial charge in [-0.05, 0) is 64.0 Å². The Labute approximate surface area is 116 Å². The monoisotopic (exact) mass is 253 g/mol. The lowest BCUT2D eigenvalue weighted by atomic mass is 10.1. The van der Waals surface area contributed by atoms with E-state index in [2.05, 4.69) is 81.2 Å².